The molecule has 1 unspecified atom stereocenters. The minimum Gasteiger partial charge on any atom is -0.507 e. The zero-order valence-corrected chi connectivity index (χ0v) is 21.4. The zero-order chi connectivity index (χ0) is 25.2. The van der Waals surface area contributed by atoms with Crippen molar-refractivity contribution in [2.75, 3.05) is 30.0 Å². The number of hydrogen-bond donors (Lipinski definition) is 1. The van der Waals surface area contributed by atoms with Crippen LogP contribution in [-0.4, -0.2) is 42.0 Å². The van der Waals surface area contributed by atoms with Crippen LogP contribution < -0.4 is 14.5 Å². The van der Waals surface area contributed by atoms with Gasteiger partial charge in [0.2, 0.25) is 0 Å². The third-order valence-electron chi connectivity index (χ3n) is 6.74. The van der Waals surface area contributed by atoms with E-state index in [0.29, 0.717) is 27.0 Å². The van der Waals surface area contributed by atoms with E-state index in [1.807, 2.05) is 24.3 Å². The molecule has 2 aliphatic heterocycles. The molecule has 1 amide bonds. The molecular weight excluding hydrogens is 522 g/mol. The average Bonchev–Trinajstić information content (AvgIpc) is 3.19. The van der Waals surface area contributed by atoms with Gasteiger partial charge >= 0.3 is 0 Å². The molecule has 2 aliphatic rings. The summed E-state index contributed by atoms with van der Waals surface area (Å²) < 4.78 is 5.90. The number of methoxy groups -OCH3 is 1. The second-order valence-electron chi connectivity index (χ2n) is 8.86. The molecule has 184 valence electrons. The molecule has 36 heavy (non-hydrogen) atoms. The van der Waals surface area contributed by atoms with Crippen LogP contribution in [0.2, 0.25) is 0 Å². The van der Waals surface area contributed by atoms with Crippen molar-refractivity contribution in [3.8, 4) is 5.75 Å². The van der Waals surface area contributed by atoms with Crippen LogP contribution in [-0.2, 0) is 9.59 Å². The van der Waals surface area contributed by atoms with Crippen molar-refractivity contribution in [2.45, 2.75) is 25.3 Å². The molecule has 1 atom stereocenters. The first kappa shape index (κ1) is 24.1. The summed E-state index contributed by atoms with van der Waals surface area (Å²) in [5.74, 6) is -1.07. The predicted octanol–water partition coefficient (Wildman–Crippen LogP) is 5.47. The SMILES string of the molecule is COc1ccc(/C(O)=C2/C(=O)C(=O)N(c3ccc(N4CCCCC4)cc3)C2c2ccncc2)cc1Br. The number of carbonyl (C=O) groups is 2. The molecule has 3 heterocycles. The number of Topliss-reactive ketones (excluding diaryl/α,β-unsaturated/α-hetero) is 1. The molecule has 0 aliphatic carbocycles. The van der Waals surface area contributed by atoms with Gasteiger partial charge in [-0.1, -0.05) is 0 Å². The van der Waals surface area contributed by atoms with Crippen molar-refractivity contribution in [1.29, 1.82) is 0 Å². The van der Waals surface area contributed by atoms with E-state index in [1.54, 1.807) is 49.8 Å². The van der Waals surface area contributed by atoms with Gasteiger partial charge in [0.25, 0.3) is 11.7 Å². The highest BCUT2D eigenvalue weighted by Gasteiger charge is 2.47. The van der Waals surface area contributed by atoms with E-state index in [-0.39, 0.29) is 11.3 Å². The Kier molecular flexibility index (Phi) is 6.78. The molecule has 2 saturated heterocycles. The molecule has 8 heteroatoms. The lowest BCUT2D eigenvalue weighted by atomic mass is 9.95. The summed E-state index contributed by atoms with van der Waals surface area (Å²) in [4.78, 5) is 34.6. The molecule has 3 aromatic rings. The summed E-state index contributed by atoms with van der Waals surface area (Å²) in [6, 6.07) is 15.4. The normalized spacial score (nSPS) is 19.6. The summed E-state index contributed by atoms with van der Waals surface area (Å²) in [7, 11) is 1.55. The van der Waals surface area contributed by atoms with Gasteiger partial charge in [-0.3, -0.25) is 19.5 Å². The Morgan fingerprint density at radius 2 is 1.64 bits per heavy atom. The molecule has 0 radical (unpaired) electrons. The molecular formula is C28H26BrN3O4. The number of halogens is 1. The van der Waals surface area contributed by atoms with E-state index >= 15 is 0 Å². The lowest BCUT2D eigenvalue weighted by molar-refractivity contribution is -0.132. The second-order valence-corrected chi connectivity index (χ2v) is 9.72. The van der Waals surface area contributed by atoms with Crippen molar-refractivity contribution in [1.82, 2.24) is 4.98 Å². The highest BCUT2D eigenvalue weighted by molar-refractivity contribution is 9.10. The fourth-order valence-corrected chi connectivity index (χ4v) is 5.45. The number of anilines is 2. The van der Waals surface area contributed by atoms with Crippen molar-refractivity contribution >= 4 is 44.8 Å². The minimum absolute atomic E-state index is 0.0309. The summed E-state index contributed by atoms with van der Waals surface area (Å²) in [6.45, 7) is 2.02. The van der Waals surface area contributed by atoms with Gasteiger partial charge in [-0.25, -0.2) is 0 Å². The van der Waals surface area contributed by atoms with Gasteiger partial charge < -0.3 is 14.7 Å². The third-order valence-corrected chi connectivity index (χ3v) is 7.36. The topological polar surface area (TPSA) is 83.0 Å². The van der Waals surface area contributed by atoms with Gasteiger partial charge in [0.05, 0.1) is 23.2 Å². The molecule has 1 N–H and O–H groups in total. The Hall–Kier alpha value is -3.65. The van der Waals surface area contributed by atoms with Gasteiger partial charge in [-0.15, -0.1) is 0 Å². The van der Waals surface area contributed by atoms with E-state index in [9.17, 15) is 14.7 Å². The highest BCUT2D eigenvalue weighted by atomic mass is 79.9. The molecule has 7 nitrogen and oxygen atoms in total. The standard InChI is InChI=1S/C28H26BrN3O4/c1-36-23-10-5-19(17-22(23)29)26(33)24-25(18-11-13-30-14-12-18)32(28(35)27(24)34)21-8-6-20(7-9-21)31-15-3-2-4-16-31/h5-14,17,25,33H,2-4,15-16H2,1H3/b26-24-. The Balaban J connectivity index is 1.59. The largest absolute Gasteiger partial charge is 0.507 e. The number of hydrogen-bond acceptors (Lipinski definition) is 6. The Bertz CT molecular complexity index is 1320. The van der Waals surface area contributed by atoms with Crippen LogP contribution in [0.25, 0.3) is 5.76 Å². The number of ketones is 1. The number of aromatic nitrogens is 1. The van der Waals surface area contributed by atoms with Gasteiger partial charge in [0, 0.05) is 42.4 Å². The first-order valence-corrected chi connectivity index (χ1v) is 12.7. The average molecular weight is 548 g/mol. The molecule has 2 aromatic carbocycles. The van der Waals surface area contributed by atoms with Crippen LogP contribution in [0.3, 0.4) is 0 Å². The quantitative estimate of drug-likeness (QED) is 0.259. The van der Waals surface area contributed by atoms with Crippen LogP contribution in [0.1, 0.15) is 36.4 Å². The fraction of sp³-hybridized carbons (Fsp3) is 0.250. The Morgan fingerprint density at radius 3 is 2.28 bits per heavy atom. The van der Waals surface area contributed by atoms with E-state index in [4.69, 9.17) is 4.74 Å². The number of ether oxygens (including phenoxy) is 1. The number of aliphatic hydroxyl groups is 1. The lowest BCUT2D eigenvalue weighted by Gasteiger charge is -2.30. The molecule has 0 bridgehead atoms. The number of benzene rings is 2. The van der Waals surface area contributed by atoms with Crippen molar-refractivity contribution in [3.05, 3.63) is 88.2 Å². The molecule has 0 saturated carbocycles. The van der Waals surface area contributed by atoms with E-state index < -0.39 is 17.7 Å². The van der Waals surface area contributed by atoms with Gasteiger partial charge in [-0.05, 0) is 95.4 Å². The molecule has 0 spiro atoms. The van der Waals surface area contributed by atoms with E-state index in [0.717, 1.165) is 18.8 Å². The fourth-order valence-electron chi connectivity index (χ4n) is 4.91. The maximum Gasteiger partial charge on any atom is 0.300 e. The number of piperidine rings is 1. The number of rotatable bonds is 5. The molecule has 1 aromatic heterocycles. The van der Waals surface area contributed by atoms with Crippen LogP contribution in [0.4, 0.5) is 11.4 Å². The highest BCUT2D eigenvalue weighted by Crippen LogP contribution is 2.43. The summed E-state index contributed by atoms with van der Waals surface area (Å²) in [5.41, 5.74) is 2.80. The van der Waals surface area contributed by atoms with Crippen molar-refractivity contribution < 1.29 is 19.4 Å². The van der Waals surface area contributed by atoms with Crippen LogP contribution in [0.15, 0.2) is 77.0 Å². The number of nitrogens with zero attached hydrogens (tertiary/aromatic N) is 3. The van der Waals surface area contributed by atoms with E-state index in [2.05, 4.69) is 25.8 Å². The first-order valence-electron chi connectivity index (χ1n) is 11.9. The van der Waals surface area contributed by atoms with Crippen molar-refractivity contribution in [3.63, 3.8) is 0 Å². The monoisotopic (exact) mass is 547 g/mol. The maximum absolute atomic E-state index is 13.4. The van der Waals surface area contributed by atoms with Crippen molar-refractivity contribution in [2.24, 2.45) is 0 Å². The lowest BCUT2D eigenvalue weighted by Crippen LogP contribution is -2.30. The van der Waals surface area contributed by atoms with Crippen LogP contribution >= 0.6 is 15.9 Å². The Labute approximate surface area is 218 Å². The summed E-state index contributed by atoms with van der Waals surface area (Å²) >= 11 is 3.43. The molecule has 2 fully saturated rings. The number of carbonyl (C=O) groups excluding carboxylic acids is 2. The smallest absolute Gasteiger partial charge is 0.300 e. The predicted molar refractivity (Wildman–Crippen MR) is 142 cm³/mol. The maximum atomic E-state index is 13.4. The zero-order valence-electron chi connectivity index (χ0n) is 19.9. The van der Waals surface area contributed by atoms with Crippen LogP contribution in [0.5, 0.6) is 5.75 Å². The number of amides is 1. The first-order chi connectivity index (χ1) is 17.5. The summed E-state index contributed by atoms with van der Waals surface area (Å²) in [6.07, 6.45) is 6.80. The third kappa shape index (κ3) is 4.37. The Morgan fingerprint density at radius 1 is 0.972 bits per heavy atom. The van der Waals surface area contributed by atoms with Gasteiger partial charge in [0.15, 0.2) is 0 Å². The van der Waals surface area contributed by atoms with Gasteiger partial charge in [-0.2, -0.15) is 0 Å². The number of aliphatic hydroxyl groups excluding tert-OH is 1. The molecule has 5 rings (SSSR count). The second kappa shape index (κ2) is 10.1. The summed E-state index contributed by atoms with van der Waals surface area (Å²) in [5, 5.41) is 11.3. The van der Waals surface area contributed by atoms with Crippen LogP contribution in [0, 0.1) is 0 Å². The van der Waals surface area contributed by atoms with Gasteiger partial charge in [0.1, 0.15) is 11.5 Å². The van der Waals surface area contributed by atoms with E-state index in [1.165, 1.54) is 24.2 Å². The minimum atomic E-state index is -0.797. The number of pyridine rings is 1.